The summed E-state index contributed by atoms with van der Waals surface area (Å²) in [5.41, 5.74) is 1.14. The van der Waals surface area contributed by atoms with E-state index < -0.39 is 0 Å². The Morgan fingerprint density at radius 1 is 1.29 bits per heavy atom. The van der Waals surface area contributed by atoms with Gasteiger partial charge >= 0.3 is 0 Å². The molecule has 1 aromatic heterocycles. The molecule has 0 radical (unpaired) electrons. The second-order valence-electron chi connectivity index (χ2n) is 5.02. The maximum absolute atomic E-state index is 5.87. The lowest BCUT2D eigenvalue weighted by Crippen LogP contribution is -2.11. The highest BCUT2D eigenvalue weighted by Crippen LogP contribution is 2.28. The Morgan fingerprint density at radius 3 is 2.76 bits per heavy atom. The van der Waals surface area contributed by atoms with Crippen LogP contribution in [0, 0.1) is 0 Å². The molecule has 2 rings (SSSR count). The molecule has 0 bridgehead atoms. The molecule has 0 atom stereocenters. The molecule has 2 aromatic rings. The average molecular weight is 290 g/mol. The Kier molecular flexibility index (Phi) is 5.16. The number of aromatic nitrogens is 3. The van der Waals surface area contributed by atoms with Gasteiger partial charge in [-0.25, -0.2) is 9.67 Å². The third-order valence-electron chi connectivity index (χ3n) is 3.10. The molecule has 0 spiro atoms. The van der Waals surface area contributed by atoms with Crippen molar-refractivity contribution in [3.05, 3.63) is 35.9 Å². The van der Waals surface area contributed by atoms with Gasteiger partial charge in [-0.05, 0) is 38.6 Å². The number of hydrogen-bond acceptors (Lipinski definition) is 5. The number of benzene rings is 1. The molecular weight excluding hydrogens is 268 g/mol. The van der Waals surface area contributed by atoms with Crippen molar-refractivity contribution >= 4 is 0 Å². The minimum absolute atomic E-state index is 0.253. The predicted octanol–water partition coefficient (Wildman–Crippen LogP) is 2.17. The Bertz CT molecular complexity index is 581. The largest absolute Gasteiger partial charge is 0.493 e. The lowest BCUT2D eigenvalue weighted by molar-refractivity contribution is 0.266. The molecule has 0 aliphatic heterocycles. The summed E-state index contributed by atoms with van der Waals surface area (Å²) in [7, 11) is 3.55. The highest BCUT2D eigenvalue weighted by molar-refractivity contribution is 5.43. The van der Waals surface area contributed by atoms with Crippen molar-refractivity contribution in [2.75, 3.05) is 14.2 Å². The van der Waals surface area contributed by atoms with E-state index in [1.807, 2.05) is 29.9 Å². The van der Waals surface area contributed by atoms with Crippen molar-refractivity contribution in [1.82, 2.24) is 20.1 Å². The molecule has 0 aliphatic rings. The van der Waals surface area contributed by atoms with Gasteiger partial charge in [-0.1, -0.05) is 6.07 Å². The van der Waals surface area contributed by atoms with Crippen molar-refractivity contribution in [3.8, 4) is 11.5 Å². The minimum atomic E-state index is 0.253. The molecule has 114 valence electrons. The van der Waals surface area contributed by atoms with E-state index in [9.17, 15) is 0 Å². The van der Waals surface area contributed by atoms with Gasteiger partial charge in [0.15, 0.2) is 17.3 Å². The van der Waals surface area contributed by atoms with E-state index >= 15 is 0 Å². The molecule has 0 saturated carbocycles. The first-order valence-corrected chi connectivity index (χ1v) is 6.98. The Labute approximate surface area is 125 Å². The SMILES string of the molecule is CNCc1ccc(OC)c(OCc2ncnn2C(C)C)c1. The van der Waals surface area contributed by atoms with Crippen LogP contribution in [0.5, 0.6) is 11.5 Å². The first kappa shape index (κ1) is 15.3. The van der Waals surface area contributed by atoms with Crippen LogP contribution in [0.2, 0.25) is 0 Å². The first-order valence-electron chi connectivity index (χ1n) is 6.98. The average Bonchev–Trinajstić information content (AvgIpc) is 2.94. The fourth-order valence-electron chi connectivity index (χ4n) is 2.10. The monoisotopic (exact) mass is 290 g/mol. The van der Waals surface area contributed by atoms with Crippen LogP contribution in [0.15, 0.2) is 24.5 Å². The maximum Gasteiger partial charge on any atom is 0.165 e. The second kappa shape index (κ2) is 7.08. The third kappa shape index (κ3) is 3.72. The number of nitrogens with zero attached hydrogens (tertiary/aromatic N) is 3. The minimum Gasteiger partial charge on any atom is -0.493 e. The molecule has 6 nitrogen and oxygen atoms in total. The van der Waals surface area contributed by atoms with Gasteiger partial charge in [-0.3, -0.25) is 0 Å². The van der Waals surface area contributed by atoms with Gasteiger partial charge in [-0.15, -0.1) is 0 Å². The Hall–Kier alpha value is -2.08. The van der Waals surface area contributed by atoms with Crippen LogP contribution in [-0.4, -0.2) is 28.9 Å². The van der Waals surface area contributed by atoms with E-state index in [0.29, 0.717) is 18.1 Å². The summed E-state index contributed by atoms with van der Waals surface area (Å²) < 4.78 is 13.1. The zero-order valence-electron chi connectivity index (χ0n) is 13.0. The van der Waals surface area contributed by atoms with Crippen LogP contribution in [0.4, 0.5) is 0 Å². The molecule has 1 heterocycles. The predicted molar refractivity (Wildman–Crippen MR) is 80.5 cm³/mol. The van der Waals surface area contributed by atoms with Crippen LogP contribution in [0.1, 0.15) is 31.3 Å². The lowest BCUT2D eigenvalue weighted by Gasteiger charge is -2.13. The van der Waals surface area contributed by atoms with Gasteiger partial charge in [-0.2, -0.15) is 5.10 Å². The maximum atomic E-state index is 5.87. The van der Waals surface area contributed by atoms with Gasteiger partial charge in [0.25, 0.3) is 0 Å². The topological polar surface area (TPSA) is 61.2 Å². The van der Waals surface area contributed by atoms with Crippen LogP contribution < -0.4 is 14.8 Å². The van der Waals surface area contributed by atoms with E-state index in [1.54, 1.807) is 13.4 Å². The number of nitrogens with one attached hydrogen (secondary N) is 1. The van der Waals surface area contributed by atoms with Crippen LogP contribution in [-0.2, 0) is 13.2 Å². The van der Waals surface area contributed by atoms with Gasteiger partial charge in [0.05, 0.1) is 7.11 Å². The van der Waals surface area contributed by atoms with E-state index in [0.717, 1.165) is 17.9 Å². The van der Waals surface area contributed by atoms with Crippen molar-refractivity contribution in [2.24, 2.45) is 0 Å². The standard InChI is InChI=1S/C15H22N4O2/c1-11(2)19-15(17-10-18-19)9-21-14-7-12(8-16-3)5-6-13(14)20-4/h5-7,10-11,16H,8-9H2,1-4H3. The summed E-state index contributed by atoms with van der Waals surface area (Å²) in [5, 5.41) is 7.32. The van der Waals surface area contributed by atoms with Crippen LogP contribution in [0.3, 0.4) is 0 Å². The van der Waals surface area contributed by atoms with E-state index in [1.165, 1.54) is 0 Å². The van der Waals surface area contributed by atoms with Gasteiger partial charge in [0.2, 0.25) is 0 Å². The van der Waals surface area contributed by atoms with E-state index in [4.69, 9.17) is 9.47 Å². The molecule has 6 heteroatoms. The summed E-state index contributed by atoms with van der Waals surface area (Å²) >= 11 is 0. The number of methoxy groups -OCH3 is 1. The van der Waals surface area contributed by atoms with Gasteiger partial charge in [0.1, 0.15) is 12.9 Å². The van der Waals surface area contributed by atoms with Crippen molar-refractivity contribution in [3.63, 3.8) is 0 Å². The zero-order valence-corrected chi connectivity index (χ0v) is 13.0. The van der Waals surface area contributed by atoms with Gasteiger partial charge in [0, 0.05) is 12.6 Å². The molecule has 1 N–H and O–H groups in total. The highest BCUT2D eigenvalue weighted by atomic mass is 16.5. The third-order valence-corrected chi connectivity index (χ3v) is 3.10. The summed E-state index contributed by atoms with van der Waals surface area (Å²) in [4.78, 5) is 4.24. The zero-order chi connectivity index (χ0) is 15.2. The summed E-state index contributed by atoms with van der Waals surface area (Å²) in [6.07, 6.45) is 1.55. The molecule has 0 unspecified atom stereocenters. The second-order valence-corrected chi connectivity index (χ2v) is 5.02. The smallest absolute Gasteiger partial charge is 0.165 e. The van der Waals surface area contributed by atoms with Crippen molar-refractivity contribution in [2.45, 2.75) is 33.0 Å². The molecule has 0 aliphatic carbocycles. The molecular formula is C15H22N4O2. The Morgan fingerprint density at radius 2 is 2.10 bits per heavy atom. The number of rotatable bonds is 7. The van der Waals surface area contributed by atoms with Crippen molar-refractivity contribution in [1.29, 1.82) is 0 Å². The Balaban J connectivity index is 2.14. The van der Waals surface area contributed by atoms with Gasteiger partial charge < -0.3 is 14.8 Å². The van der Waals surface area contributed by atoms with E-state index in [2.05, 4.69) is 29.2 Å². The highest BCUT2D eigenvalue weighted by Gasteiger charge is 2.11. The normalized spacial score (nSPS) is 10.9. The molecule has 0 saturated heterocycles. The molecule has 0 amide bonds. The van der Waals surface area contributed by atoms with E-state index in [-0.39, 0.29) is 6.04 Å². The first-order chi connectivity index (χ1) is 10.2. The summed E-state index contributed by atoms with van der Waals surface area (Å²) in [6, 6.07) is 6.16. The number of ether oxygens (including phenoxy) is 2. The summed E-state index contributed by atoms with van der Waals surface area (Å²) in [5.74, 6) is 2.22. The molecule has 0 fully saturated rings. The fourth-order valence-corrected chi connectivity index (χ4v) is 2.10. The fraction of sp³-hybridized carbons (Fsp3) is 0.467. The molecule has 21 heavy (non-hydrogen) atoms. The summed E-state index contributed by atoms with van der Waals surface area (Å²) in [6.45, 7) is 5.26. The number of hydrogen-bond donors (Lipinski definition) is 1. The van der Waals surface area contributed by atoms with Crippen LogP contribution >= 0.6 is 0 Å². The van der Waals surface area contributed by atoms with Crippen molar-refractivity contribution < 1.29 is 9.47 Å². The van der Waals surface area contributed by atoms with Crippen LogP contribution in [0.25, 0.3) is 0 Å². The lowest BCUT2D eigenvalue weighted by atomic mass is 10.2. The molecule has 1 aromatic carbocycles. The quantitative estimate of drug-likeness (QED) is 0.846.